The van der Waals surface area contributed by atoms with Crippen molar-refractivity contribution in [3.8, 4) is 0 Å². The topological polar surface area (TPSA) is 32.3 Å². The monoisotopic (exact) mass is 262 g/mol. The third-order valence-corrected chi connectivity index (χ3v) is 2.26. The van der Waals surface area contributed by atoms with Crippen LogP contribution in [0.4, 0.5) is 5.69 Å². The minimum Gasteiger partial charge on any atom is -0.323 e. The van der Waals surface area contributed by atoms with Crippen molar-refractivity contribution < 1.29 is 4.79 Å². The number of benzene rings is 1. The van der Waals surface area contributed by atoms with Crippen LogP contribution in [0.2, 0.25) is 5.02 Å². The summed E-state index contributed by atoms with van der Waals surface area (Å²) in [6, 6.07) is 5.54. The molecule has 90 valence electrons. The van der Waals surface area contributed by atoms with Crippen LogP contribution in [0.3, 0.4) is 0 Å². The maximum Gasteiger partial charge on any atom is 0.238 e. The highest BCUT2D eigenvalue weighted by Gasteiger charge is 2.08. The summed E-state index contributed by atoms with van der Waals surface area (Å²) in [6.07, 6.45) is 0. The van der Waals surface area contributed by atoms with Gasteiger partial charge in [0.2, 0.25) is 5.91 Å². The van der Waals surface area contributed by atoms with Crippen molar-refractivity contribution in [2.75, 3.05) is 26.0 Å². The van der Waals surface area contributed by atoms with E-state index in [0.29, 0.717) is 17.3 Å². The Balaban J connectivity index is 0.00000225. The van der Waals surface area contributed by atoms with Gasteiger partial charge in [0.1, 0.15) is 0 Å². The number of carbonyl (C=O) groups is 1. The van der Waals surface area contributed by atoms with Gasteiger partial charge in [0.05, 0.1) is 17.3 Å². The summed E-state index contributed by atoms with van der Waals surface area (Å²) in [5.41, 5.74) is 1.67. The largest absolute Gasteiger partial charge is 0.323 e. The van der Waals surface area contributed by atoms with Gasteiger partial charge in [0.25, 0.3) is 0 Å². The highest BCUT2D eigenvalue weighted by Crippen LogP contribution is 2.24. The lowest BCUT2D eigenvalue weighted by Crippen LogP contribution is -2.27. The van der Waals surface area contributed by atoms with Gasteiger partial charge < -0.3 is 10.2 Å². The fraction of sp³-hybridized carbons (Fsp3) is 0.364. The van der Waals surface area contributed by atoms with Crippen molar-refractivity contribution in [3.63, 3.8) is 0 Å². The van der Waals surface area contributed by atoms with E-state index in [-0.39, 0.29) is 18.3 Å². The normalized spacial score (nSPS) is 9.81. The summed E-state index contributed by atoms with van der Waals surface area (Å²) in [5.74, 6) is -0.0591. The fourth-order valence-corrected chi connectivity index (χ4v) is 1.53. The van der Waals surface area contributed by atoms with Crippen LogP contribution in [0, 0.1) is 6.92 Å². The Morgan fingerprint density at radius 3 is 2.56 bits per heavy atom. The molecule has 1 aromatic carbocycles. The van der Waals surface area contributed by atoms with Gasteiger partial charge >= 0.3 is 0 Å². The van der Waals surface area contributed by atoms with Gasteiger partial charge in [0, 0.05) is 0 Å². The van der Waals surface area contributed by atoms with Crippen LogP contribution in [0.25, 0.3) is 0 Å². The SMILES string of the molecule is Cc1cccc(Cl)c1NC(=O)CN(C)C.Cl. The minimum atomic E-state index is -0.0591. The molecule has 0 spiro atoms. The molecular formula is C11H16Cl2N2O. The van der Waals surface area contributed by atoms with E-state index in [1.807, 2.05) is 38.1 Å². The van der Waals surface area contributed by atoms with Crippen molar-refractivity contribution in [1.29, 1.82) is 0 Å². The predicted octanol–water partition coefficient (Wildman–Crippen LogP) is 2.57. The van der Waals surface area contributed by atoms with E-state index in [0.717, 1.165) is 5.56 Å². The van der Waals surface area contributed by atoms with Crippen LogP contribution >= 0.6 is 24.0 Å². The molecule has 0 saturated carbocycles. The fourth-order valence-electron chi connectivity index (χ4n) is 1.26. The lowest BCUT2D eigenvalue weighted by atomic mass is 10.2. The Bertz CT molecular complexity index is 347. The summed E-state index contributed by atoms with van der Waals surface area (Å²) in [7, 11) is 3.69. The van der Waals surface area contributed by atoms with Crippen LogP contribution in [0.5, 0.6) is 0 Å². The molecule has 0 radical (unpaired) electrons. The number of aryl methyl sites for hydroxylation is 1. The van der Waals surface area contributed by atoms with E-state index < -0.39 is 0 Å². The molecule has 5 heteroatoms. The van der Waals surface area contributed by atoms with Crippen LogP contribution in [-0.4, -0.2) is 31.4 Å². The number of hydrogen-bond acceptors (Lipinski definition) is 2. The molecule has 0 aliphatic heterocycles. The quantitative estimate of drug-likeness (QED) is 0.909. The average molecular weight is 263 g/mol. The third kappa shape index (κ3) is 4.39. The maximum atomic E-state index is 11.5. The zero-order chi connectivity index (χ0) is 11.4. The van der Waals surface area contributed by atoms with Gasteiger partial charge in [-0.15, -0.1) is 12.4 Å². The zero-order valence-corrected chi connectivity index (χ0v) is 11.2. The molecule has 0 atom stereocenters. The number of para-hydroxylation sites is 1. The van der Waals surface area contributed by atoms with Gasteiger partial charge in [-0.1, -0.05) is 23.7 Å². The van der Waals surface area contributed by atoms with Gasteiger partial charge in [-0.2, -0.15) is 0 Å². The Kier molecular flexibility index (Phi) is 6.41. The van der Waals surface area contributed by atoms with E-state index in [1.165, 1.54) is 0 Å². The number of halogens is 2. The van der Waals surface area contributed by atoms with Crippen molar-refractivity contribution in [2.24, 2.45) is 0 Å². The lowest BCUT2D eigenvalue weighted by Gasteiger charge is -2.12. The first-order valence-corrected chi connectivity index (χ1v) is 5.08. The highest BCUT2D eigenvalue weighted by molar-refractivity contribution is 6.33. The molecule has 3 nitrogen and oxygen atoms in total. The second kappa shape index (κ2) is 6.74. The van der Waals surface area contributed by atoms with Crippen molar-refractivity contribution >= 4 is 35.6 Å². The molecule has 0 unspecified atom stereocenters. The first kappa shape index (κ1) is 15.2. The first-order chi connectivity index (χ1) is 7.00. The zero-order valence-electron chi connectivity index (χ0n) is 9.58. The van der Waals surface area contributed by atoms with Crippen LogP contribution < -0.4 is 5.32 Å². The van der Waals surface area contributed by atoms with Crippen LogP contribution in [0.1, 0.15) is 5.56 Å². The molecular weight excluding hydrogens is 247 g/mol. The van der Waals surface area contributed by atoms with Crippen molar-refractivity contribution in [2.45, 2.75) is 6.92 Å². The molecule has 0 aromatic heterocycles. The van der Waals surface area contributed by atoms with Gasteiger partial charge in [-0.25, -0.2) is 0 Å². The Morgan fingerprint density at radius 1 is 1.44 bits per heavy atom. The summed E-state index contributed by atoms with van der Waals surface area (Å²) in [6.45, 7) is 2.27. The molecule has 0 heterocycles. The van der Waals surface area contributed by atoms with Gasteiger partial charge in [-0.05, 0) is 32.6 Å². The van der Waals surface area contributed by atoms with E-state index in [2.05, 4.69) is 5.32 Å². The Morgan fingerprint density at radius 2 is 2.06 bits per heavy atom. The smallest absolute Gasteiger partial charge is 0.238 e. The minimum absolute atomic E-state index is 0. The molecule has 0 fully saturated rings. The number of hydrogen-bond donors (Lipinski definition) is 1. The predicted molar refractivity (Wildman–Crippen MR) is 70.6 cm³/mol. The summed E-state index contributed by atoms with van der Waals surface area (Å²) in [4.78, 5) is 13.3. The molecule has 16 heavy (non-hydrogen) atoms. The summed E-state index contributed by atoms with van der Waals surface area (Å²) in [5, 5.41) is 3.37. The number of amides is 1. The maximum absolute atomic E-state index is 11.5. The van der Waals surface area contributed by atoms with Gasteiger partial charge in [0.15, 0.2) is 0 Å². The molecule has 0 bridgehead atoms. The number of nitrogens with zero attached hydrogens (tertiary/aromatic N) is 1. The molecule has 1 N–H and O–H groups in total. The highest BCUT2D eigenvalue weighted by atomic mass is 35.5. The number of nitrogens with one attached hydrogen (secondary N) is 1. The number of likely N-dealkylation sites (N-methyl/N-ethyl adjacent to an activating group) is 1. The average Bonchev–Trinajstić information content (AvgIpc) is 2.10. The van der Waals surface area contributed by atoms with E-state index in [4.69, 9.17) is 11.6 Å². The summed E-state index contributed by atoms with van der Waals surface area (Å²) >= 11 is 5.98. The van der Waals surface area contributed by atoms with Crippen LogP contribution in [0.15, 0.2) is 18.2 Å². The Labute approximate surface area is 107 Å². The number of anilines is 1. The number of rotatable bonds is 3. The van der Waals surface area contributed by atoms with Crippen LogP contribution in [-0.2, 0) is 4.79 Å². The molecule has 1 rings (SSSR count). The summed E-state index contributed by atoms with van der Waals surface area (Å²) < 4.78 is 0. The third-order valence-electron chi connectivity index (χ3n) is 1.95. The lowest BCUT2D eigenvalue weighted by molar-refractivity contribution is -0.116. The van der Waals surface area contributed by atoms with Crippen molar-refractivity contribution in [1.82, 2.24) is 4.90 Å². The molecule has 0 aliphatic rings. The van der Waals surface area contributed by atoms with Gasteiger partial charge in [-0.3, -0.25) is 4.79 Å². The van der Waals surface area contributed by atoms with E-state index >= 15 is 0 Å². The van der Waals surface area contributed by atoms with E-state index in [9.17, 15) is 4.79 Å². The molecule has 0 aliphatic carbocycles. The second-order valence-corrected chi connectivity index (χ2v) is 4.12. The standard InChI is InChI=1S/C11H15ClN2O.ClH/c1-8-5-4-6-9(12)11(8)13-10(15)7-14(2)3;/h4-6H,7H2,1-3H3,(H,13,15);1H. The number of carbonyl (C=O) groups excluding carboxylic acids is 1. The van der Waals surface area contributed by atoms with Crippen molar-refractivity contribution in [3.05, 3.63) is 28.8 Å². The molecule has 1 aromatic rings. The Hall–Kier alpha value is -0.770. The molecule has 1 amide bonds. The second-order valence-electron chi connectivity index (χ2n) is 3.72. The first-order valence-electron chi connectivity index (χ1n) is 4.70. The van der Waals surface area contributed by atoms with E-state index in [1.54, 1.807) is 6.07 Å². The molecule has 0 saturated heterocycles.